The Morgan fingerprint density at radius 1 is 1.33 bits per heavy atom. The molecule has 27 heavy (non-hydrogen) atoms. The summed E-state index contributed by atoms with van der Waals surface area (Å²) in [5, 5.41) is 23.4. The van der Waals surface area contributed by atoms with Gasteiger partial charge in [0.15, 0.2) is 0 Å². The second-order valence-electron chi connectivity index (χ2n) is 5.50. The fourth-order valence-corrected chi connectivity index (χ4v) is 3.93. The lowest BCUT2D eigenvalue weighted by Crippen LogP contribution is -2.58. The third-order valence-corrected chi connectivity index (χ3v) is 5.47. The zero-order valence-corrected chi connectivity index (χ0v) is 15.7. The van der Waals surface area contributed by atoms with Crippen molar-refractivity contribution in [2.24, 2.45) is 5.11 Å². The van der Waals surface area contributed by atoms with Gasteiger partial charge in [0.1, 0.15) is 24.3 Å². The van der Waals surface area contributed by atoms with E-state index >= 15 is 0 Å². The molecule has 1 fully saturated rings. The van der Waals surface area contributed by atoms with Gasteiger partial charge < -0.3 is 19.7 Å². The van der Waals surface area contributed by atoms with Crippen molar-refractivity contribution in [2.45, 2.75) is 40.9 Å². The molecule has 150 valence electrons. The molecule has 0 bridgehead atoms. The van der Waals surface area contributed by atoms with E-state index in [4.69, 9.17) is 38.2 Å². The van der Waals surface area contributed by atoms with E-state index in [2.05, 4.69) is 10.0 Å². The average Bonchev–Trinajstić information content (AvgIpc) is 2.59. The SMILES string of the molecule is [N-]=[N+]=N[C@H]1[C@@H](O)[C@@H](CO)O[C@H](Sc2ccc(Cl)c(Cl)c2)[C@@H]1OCC(F)(F)F. The van der Waals surface area contributed by atoms with Crippen molar-refractivity contribution in [1.29, 1.82) is 0 Å². The van der Waals surface area contributed by atoms with Crippen LogP contribution in [0.2, 0.25) is 10.0 Å². The zero-order valence-electron chi connectivity index (χ0n) is 13.4. The third-order valence-electron chi connectivity index (χ3n) is 3.59. The minimum absolute atomic E-state index is 0.218. The van der Waals surface area contributed by atoms with Crippen LogP contribution in [0.5, 0.6) is 0 Å². The molecule has 7 nitrogen and oxygen atoms in total. The number of hydrogen-bond acceptors (Lipinski definition) is 6. The summed E-state index contributed by atoms with van der Waals surface area (Å²) < 4.78 is 48.2. The molecule has 0 aliphatic carbocycles. The fourth-order valence-electron chi connectivity index (χ4n) is 2.40. The van der Waals surface area contributed by atoms with E-state index in [-0.39, 0.29) is 10.0 Å². The van der Waals surface area contributed by atoms with Crippen LogP contribution in [-0.2, 0) is 9.47 Å². The Labute approximate surface area is 166 Å². The summed E-state index contributed by atoms with van der Waals surface area (Å²) in [5.74, 6) is 0. The van der Waals surface area contributed by atoms with E-state index in [1.807, 2.05) is 0 Å². The highest BCUT2D eigenvalue weighted by molar-refractivity contribution is 7.99. The molecule has 0 radical (unpaired) electrons. The summed E-state index contributed by atoms with van der Waals surface area (Å²) in [6.07, 6.45) is -8.79. The van der Waals surface area contributed by atoms with Crippen LogP contribution in [0.25, 0.3) is 10.4 Å². The molecule has 1 heterocycles. The highest BCUT2D eigenvalue weighted by atomic mass is 35.5. The first-order chi connectivity index (χ1) is 12.7. The molecule has 0 unspecified atom stereocenters. The number of azide groups is 1. The van der Waals surface area contributed by atoms with Gasteiger partial charge in [-0.15, -0.1) is 0 Å². The van der Waals surface area contributed by atoms with Crippen LogP contribution in [0, 0.1) is 0 Å². The first-order valence-corrected chi connectivity index (χ1v) is 9.08. The summed E-state index contributed by atoms with van der Waals surface area (Å²) in [4.78, 5) is 3.05. The fraction of sp³-hybridized carbons (Fsp3) is 0.571. The predicted octanol–water partition coefficient (Wildman–Crippen LogP) is 3.79. The van der Waals surface area contributed by atoms with Crippen LogP contribution in [0.15, 0.2) is 28.2 Å². The van der Waals surface area contributed by atoms with E-state index in [0.29, 0.717) is 4.90 Å². The second kappa shape index (κ2) is 9.53. The average molecular weight is 448 g/mol. The van der Waals surface area contributed by atoms with Crippen molar-refractivity contribution in [2.75, 3.05) is 13.2 Å². The molecule has 1 saturated heterocycles. The van der Waals surface area contributed by atoms with E-state index in [9.17, 15) is 23.4 Å². The maximum Gasteiger partial charge on any atom is 0.411 e. The van der Waals surface area contributed by atoms with Gasteiger partial charge in [-0.05, 0) is 23.7 Å². The molecular formula is C14H14Cl2F3N3O4S. The van der Waals surface area contributed by atoms with Gasteiger partial charge in [0.05, 0.1) is 28.8 Å². The summed E-state index contributed by atoms with van der Waals surface area (Å²) in [6, 6.07) is 3.12. The summed E-state index contributed by atoms with van der Waals surface area (Å²) >= 11 is 12.7. The first kappa shape index (κ1) is 22.4. The maximum atomic E-state index is 12.6. The molecule has 2 N–H and O–H groups in total. The van der Waals surface area contributed by atoms with Gasteiger partial charge >= 0.3 is 6.18 Å². The molecule has 1 aromatic carbocycles. The molecule has 1 aromatic rings. The van der Waals surface area contributed by atoms with E-state index in [1.165, 1.54) is 12.1 Å². The Bertz CT molecular complexity index is 709. The number of rotatable bonds is 6. The number of nitrogens with zero attached hydrogens (tertiary/aromatic N) is 3. The number of ether oxygens (including phenoxy) is 2. The molecular weight excluding hydrogens is 434 g/mol. The zero-order chi connectivity index (χ0) is 20.2. The number of alkyl halides is 3. The highest BCUT2D eigenvalue weighted by Gasteiger charge is 2.47. The standard InChI is InChI=1S/C14H14Cl2F3N3O4S/c15-7-2-1-6(3-8(7)16)27-13-12(25-5-14(17,18)19)10(21-22-20)11(24)9(4-23)26-13/h1-3,9-13,23-24H,4-5H2/t9-,10+,11+,12-,13-/m1/s1. The molecule has 1 aliphatic rings. The lowest BCUT2D eigenvalue weighted by Gasteiger charge is -2.42. The van der Waals surface area contributed by atoms with E-state index in [1.54, 1.807) is 6.07 Å². The molecule has 1 aliphatic heterocycles. The second-order valence-corrected chi connectivity index (χ2v) is 7.48. The molecule has 13 heteroatoms. The van der Waals surface area contributed by atoms with Crippen molar-refractivity contribution < 1.29 is 32.9 Å². The van der Waals surface area contributed by atoms with Crippen LogP contribution < -0.4 is 0 Å². The number of thioether (sulfide) groups is 1. The van der Waals surface area contributed by atoms with Gasteiger partial charge in [0, 0.05) is 9.81 Å². The van der Waals surface area contributed by atoms with Gasteiger partial charge in [0.25, 0.3) is 0 Å². The van der Waals surface area contributed by atoms with Crippen molar-refractivity contribution in [3.63, 3.8) is 0 Å². The quantitative estimate of drug-likeness (QED) is 0.391. The number of hydrogen-bond donors (Lipinski definition) is 2. The summed E-state index contributed by atoms with van der Waals surface area (Å²) in [7, 11) is 0. The Morgan fingerprint density at radius 2 is 2.04 bits per heavy atom. The van der Waals surface area contributed by atoms with Gasteiger partial charge in [-0.3, -0.25) is 0 Å². The highest BCUT2D eigenvalue weighted by Crippen LogP contribution is 2.38. The molecule has 0 aromatic heterocycles. The minimum Gasteiger partial charge on any atom is -0.394 e. The maximum absolute atomic E-state index is 12.6. The lowest BCUT2D eigenvalue weighted by atomic mass is 9.98. The monoisotopic (exact) mass is 447 g/mol. The largest absolute Gasteiger partial charge is 0.411 e. The predicted molar refractivity (Wildman–Crippen MR) is 92.8 cm³/mol. The number of halogens is 5. The molecule has 0 spiro atoms. The summed E-state index contributed by atoms with van der Waals surface area (Å²) in [5.41, 5.74) is 7.59. The van der Waals surface area contributed by atoms with Crippen molar-refractivity contribution in [3.05, 3.63) is 38.7 Å². The van der Waals surface area contributed by atoms with Crippen LogP contribution in [0.1, 0.15) is 0 Å². The van der Waals surface area contributed by atoms with Gasteiger partial charge in [0.2, 0.25) is 0 Å². The van der Waals surface area contributed by atoms with Crippen molar-refractivity contribution in [3.8, 4) is 0 Å². The Balaban J connectivity index is 2.31. The third kappa shape index (κ3) is 6.03. The minimum atomic E-state index is -4.64. The molecule has 0 saturated carbocycles. The topological polar surface area (TPSA) is 108 Å². The van der Waals surface area contributed by atoms with Gasteiger partial charge in [-0.2, -0.15) is 13.2 Å². The number of aliphatic hydroxyl groups is 2. The number of aliphatic hydroxyl groups excluding tert-OH is 2. The van der Waals surface area contributed by atoms with Crippen LogP contribution in [-0.4, -0.2) is 59.4 Å². The molecule has 2 rings (SSSR count). The van der Waals surface area contributed by atoms with E-state index in [0.717, 1.165) is 11.8 Å². The van der Waals surface area contributed by atoms with Gasteiger partial charge in [-0.1, -0.05) is 40.1 Å². The van der Waals surface area contributed by atoms with Crippen LogP contribution in [0.4, 0.5) is 13.2 Å². The Kier molecular flexibility index (Phi) is 7.90. The molecule has 0 amide bonds. The van der Waals surface area contributed by atoms with Crippen molar-refractivity contribution >= 4 is 35.0 Å². The first-order valence-electron chi connectivity index (χ1n) is 7.45. The Morgan fingerprint density at radius 3 is 2.59 bits per heavy atom. The molecule has 5 atom stereocenters. The Hall–Kier alpha value is -0.910. The number of benzene rings is 1. The van der Waals surface area contributed by atoms with E-state index < -0.39 is 49.2 Å². The van der Waals surface area contributed by atoms with Crippen LogP contribution >= 0.6 is 35.0 Å². The lowest BCUT2D eigenvalue weighted by molar-refractivity contribution is -0.223. The van der Waals surface area contributed by atoms with Crippen LogP contribution in [0.3, 0.4) is 0 Å². The van der Waals surface area contributed by atoms with Gasteiger partial charge in [-0.25, -0.2) is 0 Å². The smallest absolute Gasteiger partial charge is 0.394 e. The summed E-state index contributed by atoms with van der Waals surface area (Å²) in [6.45, 7) is -2.27. The normalized spacial score (nSPS) is 28.6. The van der Waals surface area contributed by atoms with Crippen molar-refractivity contribution in [1.82, 2.24) is 0 Å².